The summed E-state index contributed by atoms with van der Waals surface area (Å²) in [5.74, 6) is -0.0904. The first-order valence-corrected chi connectivity index (χ1v) is 10.4. The first-order chi connectivity index (χ1) is 15.7. The van der Waals surface area contributed by atoms with Crippen LogP contribution in [0.5, 0.6) is 0 Å². The average molecular weight is 432 g/mol. The van der Waals surface area contributed by atoms with Crippen molar-refractivity contribution in [1.29, 1.82) is 0 Å². The number of urea groups is 1. The van der Waals surface area contributed by atoms with E-state index in [9.17, 15) is 9.90 Å². The van der Waals surface area contributed by atoms with E-state index in [0.717, 1.165) is 29.4 Å². The highest BCUT2D eigenvalue weighted by molar-refractivity contribution is 6.02. The largest absolute Gasteiger partial charge is 0.395 e. The number of H-pyrrole nitrogens is 1. The lowest BCUT2D eigenvalue weighted by molar-refractivity contribution is 0.252. The highest BCUT2D eigenvalue weighted by Crippen LogP contribution is 2.44. The van der Waals surface area contributed by atoms with Crippen molar-refractivity contribution in [3.8, 4) is 11.3 Å². The van der Waals surface area contributed by atoms with Gasteiger partial charge in [-0.25, -0.2) is 19.2 Å². The van der Waals surface area contributed by atoms with Gasteiger partial charge >= 0.3 is 6.03 Å². The number of carbonyl (C=O) groups is 1. The zero-order chi connectivity index (χ0) is 22.1. The van der Waals surface area contributed by atoms with E-state index < -0.39 is 11.8 Å². The molecule has 0 unspecified atom stereocenters. The Kier molecular flexibility index (Phi) is 5.24. The topological polar surface area (TPSA) is 107 Å². The molecular formula is C23H21FN6O2. The molecular weight excluding hydrogens is 411 g/mol. The molecule has 0 spiro atoms. The van der Waals surface area contributed by atoms with Crippen LogP contribution in [0.1, 0.15) is 24.3 Å². The number of anilines is 2. The molecule has 0 radical (unpaired) electrons. The van der Waals surface area contributed by atoms with E-state index in [2.05, 4.69) is 25.3 Å². The molecule has 0 atom stereocenters. The summed E-state index contributed by atoms with van der Waals surface area (Å²) in [6.07, 6.45) is 8.76. The van der Waals surface area contributed by atoms with Gasteiger partial charge in [0.15, 0.2) is 0 Å². The summed E-state index contributed by atoms with van der Waals surface area (Å²) in [4.78, 5) is 29.9. The summed E-state index contributed by atoms with van der Waals surface area (Å²) in [6, 6.07) is 7.34. The van der Waals surface area contributed by atoms with E-state index in [4.69, 9.17) is 0 Å². The number of aromatic amines is 1. The molecule has 1 saturated carbocycles. The summed E-state index contributed by atoms with van der Waals surface area (Å²) in [5, 5.41) is 12.8. The van der Waals surface area contributed by atoms with Gasteiger partial charge in [-0.1, -0.05) is 6.07 Å². The van der Waals surface area contributed by atoms with Crippen molar-refractivity contribution < 1.29 is 14.3 Å². The Balaban J connectivity index is 1.43. The van der Waals surface area contributed by atoms with E-state index in [0.29, 0.717) is 22.9 Å². The Hall–Kier alpha value is -3.85. The molecule has 3 N–H and O–H groups in total. The number of aromatic nitrogens is 4. The van der Waals surface area contributed by atoms with Gasteiger partial charge in [-0.2, -0.15) is 0 Å². The van der Waals surface area contributed by atoms with Crippen LogP contribution in [0.25, 0.3) is 22.3 Å². The number of amides is 2. The quantitative estimate of drug-likeness (QED) is 0.426. The summed E-state index contributed by atoms with van der Waals surface area (Å²) < 4.78 is 15.0. The fraction of sp³-hybridized carbons (Fsp3) is 0.217. The maximum Gasteiger partial charge on any atom is 0.326 e. The van der Waals surface area contributed by atoms with Gasteiger partial charge in [-0.05, 0) is 48.6 Å². The van der Waals surface area contributed by atoms with E-state index in [-0.39, 0.29) is 18.8 Å². The monoisotopic (exact) mass is 432 g/mol. The van der Waals surface area contributed by atoms with Crippen LogP contribution in [0.3, 0.4) is 0 Å². The molecule has 0 bridgehead atoms. The van der Waals surface area contributed by atoms with Crippen LogP contribution < -0.4 is 10.2 Å². The molecule has 1 aliphatic rings. The number of hydrogen-bond donors (Lipinski definition) is 3. The Morgan fingerprint density at radius 1 is 1.22 bits per heavy atom. The summed E-state index contributed by atoms with van der Waals surface area (Å²) >= 11 is 0. The molecule has 2 amide bonds. The predicted octanol–water partition coefficient (Wildman–Crippen LogP) is 4.07. The maximum absolute atomic E-state index is 15.0. The predicted molar refractivity (Wildman–Crippen MR) is 119 cm³/mol. The number of nitrogens with one attached hydrogen (secondary N) is 2. The number of halogens is 1. The second kappa shape index (κ2) is 8.35. The lowest BCUT2D eigenvalue weighted by Gasteiger charge is -2.22. The van der Waals surface area contributed by atoms with Gasteiger partial charge in [0, 0.05) is 35.2 Å². The first-order valence-electron chi connectivity index (χ1n) is 10.4. The number of pyridine rings is 1. The first kappa shape index (κ1) is 20.1. The van der Waals surface area contributed by atoms with Crippen LogP contribution in [-0.2, 0) is 0 Å². The Bertz CT molecular complexity index is 1270. The van der Waals surface area contributed by atoms with Gasteiger partial charge in [-0.3, -0.25) is 9.88 Å². The molecule has 8 nitrogen and oxygen atoms in total. The molecule has 162 valence electrons. The third kappa shape index (κ3) is 3.78. The molecule has 32 heavy (non-hydrogen) atoms. The number of aliphatic hydroxyl groups excluding tert-OH is 1. The third-order valence-electron chi connectivity index (χ3n) is 5.54. The van der Waals surface area contributed by atoms with Crippen molar-refractivity contribution >= 4 is 28.4 Å². The Morgan fingerprint density at radius 2 is 2.03 bits per heavy atom. The molecule has 5 rings (SSSR count). The van der Waals surface area contributed by atoms with E-state index in [1.165, 1.54) is 23.4 Å². The normalized spacial score (nSPS) is 13.3. The Labute approximate surface area is 183 Å². The average Bonchev–Trinajstić information content (AvgIpc) is 3.57. The van der Waals surface area contributed by atoms with Crippen LogP contribution in [0, 0.1) is 5.82 Å². The molecule has 0 aliphatic heterocycles. The zero-order valence-corrected chi connectivity index (χ0v) is 17.1. The van der Waals surface area contributed by atoms with E-state index in [1.807, 2.05) is 6.20 Å². The van der Waals surface area contributed by atoms with Gasteiger partial charge in [0.2, 0.25) is 0 Å². The second-order valence-corrected chi connectivity index (χ2v) is 7.67. The molecule has 3 aromatic heterocycles. The molecule has 1 aromatic carbocycles. The van der Waals surface area contributed by atoms with E-state index >= 15 is 4.39 Å². The van der Waals surface area contributed by atoms with Gasteiger partial charge in [0.1, 0.15) is 17.8 Å². The number of benzene rings is 1. The minimum atomic E-state index is -0.579. The lowest BCUT2D eigenvalue weighted by Crippen LogP contribution is -2.37. The molecule has 4 aromatic rings. The summed E-state index contributed by atoms with van der Waals surface area (Å²) in [6.45, 7) is -0.174. The zero-order valence-electron chi connectivity index (χ0n) is 17.1. The van der Waals surface area contributed by atoms with Crippen LogP contribution in [0.4, 0.5) is 20.6 Å². The molecule has 1 fully saturated rings. The standard InChI is InChI=1S/C23H21FN6O2/c24-18-11-15(21-20-17(14-1-2-14)12-26-22(20)28-13-27-21)3-4-19(18)29-23(32)30(9-10-31)16-5-7-25-8-6-16/h3-8,11-14,31H,1-2,9-10H2,(H,29,32)(H,26,27,28). The number of carbonyl (C=O) groups excluding carboxylic acids is 1. The molecule has 9 heteroatoms. The van der Waals surface area contributed by atoms with Crippen LogP contribution in [0.2, 0.25) is 0 Å². The maximum atomic E-state index is 15.0. The van der Waals surface area contributed by atoms with Crippen molar-refractivity contribution in [3.63, 3.8) is 0 Å². The second-order valence-electron chi connectivity index (χ2n) is 7.67. The summed E-state index contributed by atoms with van der Waals surface area (Å²) in [7, 11) is 0. The lowest BCUT2D eigenvalue weighted by atomic mass is 10.0. The fourth-order valence-electron chi connectivity index (χ4n) is 3.84. The number of fused-ring (bicyclic) bond motifs is 1. The van der Waals surface area contributed by atoms with Crippen LogP contribution in [-0.4, -0.2) is 44.2 Å². The molecule has 3 heterocycles. The number of hydrogen-bond acceptors (Lipinski definition) is 5. The van der Waals surface area contributed by atoms with E-state index in [1.54, 1.807) is 30.6 Å². The molecule has 1 aliphatic carbocycles. The highest BCUT2D eigenvalue weighted by atomic mass is 19.1. The van der Waals surface area contributed by atoms with Crippen LogP contribution >= 0.6 is 0 Å². The number of nitrogens with zero attached hydrogens (tertiary/aromatic N) is 4. The fourth-order valence-corrected chi connectivity index (χ4v) is 3.84. The van der Waals surface area contributed by atoms with Crippen molar-refractivity contribution in [3.05, 3.63) is 66.6 Å². The number of aliphatic hydroxyl groups is 1. The van der Waals surface area contributed by atoms with Gasteiger partial charge in [0.25, 0.3) is 0 Å². The summed E-state index contributed by atoms with van der Waals surface area (Å²) in [5.41, 5.74) is 3.74. The van der Waals surface area contributed by atoms with Gasteiger partial charge in [0.05, 0.1) is 24.5 Å². The smallest absolute Gasteiger partial charge is 0.326 e. The number of rotatable bonds is 6. The van der Waals surface area contributed by atoms with Crippen molar-refractivity contribution in [2.45, 2.75) is 18.8 Å². The van der Waals surface area contributed by atoms with Crippen LogP contribution in [0.15, 0.2) is 55.2 Å². The minimum Gasteiger partial charge on any atom is -0.395 e. The van der Waals surface area contributed by atoms with Gasteiger partial charge in [-0.15, -0.1) is 0 Å². The minimum absolute atomic E-state index is 0.0394. The van der Waals surface area contributed by atoms with Gasteiger partial charge < -0.3 is 15.4 Å². The van der Waals surface area contributed by atoms with Crippen molar-refractivity contribution in [2.75, 3.05) is 23.4 Å². The third-order valence-corrected chi connectivity index (χ3v) is 5.54. The van der Waals surface area contributed by atoms with Crippen molar-refractivity contribution in [2.24, 2.45) is 0 Å². The van der Waals surface area contributed by atoms with Crippen molar-refractivity contribution in [1.82, 2.24) is 19.9 Å². The highest BCUT2D eigenvalue weighted by Gasteiger charge is 2.28. The molecule has 0 saturated heterocycles. The Morgan fingerprint density at radius 3 is 2.75 bits per heavy atom. The SMILES string of the molecule is O=C(Nc1ccc(-c2ncnc3[nH]cc(C4CC4)c23)cc1F)N(CCO)c1ccncc1.